The van der Waals surface area contributed by atoms with E-state index in [4.69, 9.17) is 18.9 Å². The standard InChI is InChI=1S/C69H123NO8/c1-6-8-10-12-14-16-18-20-22-24-26-27-28-29-30-31-32-33-34-35-36-37-38-39-40-41-42-44-46-48-50-52-54-56-58-60-67(72)78-65(64-77-69(68(73)74)75-62-61-70(3,4)5)63-76-66(71)59-57-55-53-51-49-47-45-43-25-23-21-19-17-15-13-11-9-7-2/h8,10,14,16,20,22,26-27,29-30,32-33,65,69H,6-7,9,11-13,15,17-19,21,23-25,28,31,34-64H2,1-5H3/b10-8-,16-14-,22-20-,27-26-,30-29-,33-32-. The van der Waals surface area contributed by atoms with Crippen molar-refractivity contribution in [3.63, 3.8) is 0 Å². The number of rotatable bonds is 60. The first-order valence-electron chi connectivity index (χ1n) is 32.6. The molecule has 0 rings (SSSR count). The molecule has 9 nitrogen and oxygen atoms in total. The highest BCUT2D eigenvalue weighted by atomic mass is 16.7. The molecule has 78 heavy (non-hydrogen) atoms. The summed E-state index contributed by atoms with van der Waals surface area (Å²) in [5.41, 5.74) is 0. The van der Waals surface area contributed by atoms with Crippen LogP contribution in [0.3, 0.4) is 0 Å². The summed E-state index contributed by atoms with van der Waals surface area (Å²) in [5, 5.41) is 11.8. The smallest absolute Gasteiger partial charge is 0.306 e. The Balaban J connectivity index is 4.09. The van der Waals surface area contributed by atoms with Gasteiger partial charge in [0.2, 0.25) is 0 Å². The van der Waals surface area contributed by atoms with E-state index in [0.717, 1.165) is 70.6 Å². The number of carbonyl (C=O) groups excluding carboxylic acids is 3. The number of allylic oxidation sites excluding steroid dienone is 12. The normalized spacial score (nSPS) is 13.2. The number of carboxylic acid groups (broad SMARTS) is 1. The molecule has 0 spiro atoms. The van der Waals surface area contributed by atoms with E-state index in [1.807, 2.05) is 21.1 Å². The van der Waals surface area contributed by atoms with Gasteiger partial charge in [-0.25, -0.2) is 0 Å². The molecule has 9 heteroatoms. The van der Waals surface area contributed by atoms with Crippen LogP contribution in [0.2, 0.25) is 0 Å². The third-order valence-electron chi connectivity index (χ3n) is 14.2. The number of likely N-dealkylation sites (N-methyl/N-ethyl adjacent to an activating group) is 1. The predicted molar refractivity (Wildman–Crippen MR) is 329 cm³/mol. The molecule has 2 unspecified atom stereocenters. The minimum absolute atomic E-state index is 0.148. The maximum Gasteiger partial charge on any atom is 0.306 e. The van der Waals surface area contributed by atoms with Crippen molar-refractivity contribution in [3.05, 3.63) is 72.9 Å². The van der Waals surface area contributed by atoms with Crippen molar-refractivity contribution in [3.8, 4) is 0 Å². The number of hydrogen-bond donors (Lipinski definition) is 0. The number of carbonyl (C=O) groups is 3. The summed E-state index contributed by atoms with van der Waals surface area (Å²) in [6, 6.07) is 0. The quantitative estimate of drug-likeness (QED) is 0.0195. The van der Waals surface area contributed by atoms with E-state index in [0.29, 0.717) is 23.9 Å². The zero-order chi connectivity index (χ0) is 56.9. The average Bonchev–Trinajstić information content (AvgIpc) is 3.41. The van der Waals surface area contributed by atoms with Crippen LogP contribution in [0.1, 0.15) is 290 Å². The van der Waals surface area contributed by atoms with Crippen LogP contribution < -0.4 is 5.11 Å². The molecule has 0 amide bonds. The second-order valence-electron chi connectivity index (χ2n) is 23.0. The summed E-state index contributed by atoms with van der Waals surface area (Å²) in [7, 11) is 5.93. The Hall–Kier alpha value is -3.27. The van der Waals surface area contributed by atoms with Gasteiger partial charge in [0.15, 0.2) is 12.4 Å². The van der Waals surface area contributed by atoms with Crippen LogP contribution in [0.25, 0.3) is 0 Å². The highest BCUT2D eigenvalue weighted by molar-refractivity contribution is 5.70. The summed E-state index contributed by atoms with van der Waals surface area (Å²) < 4.78 is 22.8. The summed E-state index contributed by atoms with van der Waals surface area (Å²) in [5.74, 6) is -2.27. The van der Waals surface area contributed by atoms with Crippen LogP contribution in [0.5, 0.6) is 0 Å². The maximum atomic E-state index is 12.9. The first-order chi connectivity index (χ1) is 38.1. The van der Waals surface area contributed by atoms with Gasteiger partial charge in [-0.15, -0.1) is 0 Å². The Bertz CT molecular complexity index is 1510. The fourth-order valence-electron chi connectivity index (χ4n) is 9.25. The summed E-state index contributed by atoms with van der Waals surface area (Å²) in [6.07, 6.45) is 75.4. The van der Waals surface area contributed by atoms with Gasteiger partial charge in [0.1, 0.15) is 13.2 Å². The van der Waals surface area contributed by atoms with Crippen LogP contribution in [0, 0.1) is 0 Å². The fourth-order valence-corrected chi connectivity index (χ4v) is 9.25. The molecule has 0 N–H and O–H groups in total. The summed E-state index contributed by atoms with van der Waals surface area (Å²) in [4.78, 5) is 37.4. The van der Waals surface area contributed by atoms with Gasteiger partial charge in [-0.3, -0.25) is 9.59 Å². The highest BCUT2D eigenvalue weighted by Crippen LogP contribution is 2.17. The minimum atomic E-state index is -1.62. The molecule has 452 valence electrons. The van der Waals surface area contributed by atoms with E-state index in [1.54, 1.807) is 0 Å². The molecule has 0 radical (unpaired) electrons. The van der Waals surface area contributed by atoms with Crippen LogP contribution >= 0.6 is 0 Å². The number of nitrogens with zero attached hydrogens (tertiary/aromatic N) is 1. The molecule has 0 aromatic carbocycles. The number of quaternary nitrogens is 1. The molecule has 0 aliphatic heterocycles. The van der Waals surface area contributed by atoms with Gasteiger partial charge in [-0.05, 0) is 64.2 Å². The fraction of sp³-hybridized carbons (Fsp3) is 0.783. The zero-order valence-electron chi connectivity index (χ0n) is 51.5. The zero-order valence-corrected chi connectivity index (χ0v) is 51.5. The monoisotopic (exact) mass is 1090 g/mol. The molecule has 0 fully saturated rings. The lowest BCUT2D eigenvalue weighted by molar-refractivity contribution is -0.870. The Labute approximate surface area is 481 Å². The molecule has 0 aromatic rings. The number of hydrogen-bond acceptors (Lipinski definition) is 8. The van der Waals surface area contributed by atoms with Gasteiger partial charge in [-0.1, -0.05) is 286 Å². The lowest BCUT2D eigenvalue weighted by atomic mass is 10.0. The van der Waals surface area contributed by atoms with E-state index in [9.17, 15) is 19.5 Å². The third kappa shape index (κ3) is 60.4. The third-order valence-corrected chi connectivity index (χ3v) is 14.2. The van der Waals surface area contributed by atoms with Crippen molar-refractivity contribution in [2.75, 3.05) is 47.5 Å². The van der Waals surface area contributed by atoms with Crippen LogP contribution in [-0.2, 0) is 33.3 Å². The molecule has 0 bridgehead atoms. The first kappa shape index (κ1) is 74.7. The SMILES string of the molecule is CC/C=C\C/C=C\C/C=C\C/C=C\C/C=C\C/C=C\CCCCCCCCCCCCCCCCCCC(=O)OC(COC(=O)CCCCCCCCCCCCCCCCCCCC)COC(OCC[N+](C)(C)C)C(=O)[O-]. The topological polar surface area (TPSA) is 111 Å². The Morgan fingerprint density at radius 3 is 1.09 bits per heavy atom. The number of unbranched alkanes of at least 4 members (excludes halogenated alkanes) is 33. The van der Waals surface area contributed by atoms with E-state index in [-0.39, 0.29) is 32.2 Å². The number of aliphatic carboxylic acids is 1. The first-order valence-corrected chi connectivity index (χ1v) is 32.6. The Morgan fingerprint density at radius 2 is 0.731 bits per heavy atom. The molecule has 0 heterocycles. The summed E-state index contributed by atoms with van der Waals surface area (Å²) >= 11 is 0. The van der Waals surface area contributed by atoms with Crippen LogP contribution in [0.15, 0.2) is 72.9 Å². The number of ether oxygens (including phenoxy) is 4. The van der Waals surface area contributed by atoms with Crippen molar-refractivity contribution in [1.29, 1.82) is 0 Å². The lowest BCUT2D eigenvalue weighted by Gasteiger charge is -2.26. The lowest BCUT2D eigenvalue weighted by Crippen LogP contribution is -2.44. The van der Waals surface area contributed by atoms with Crippen molar-refractivity contribution >= 4 is 17.9 Å². The van der Waals surface area contributed by atoms with Crippen LogP contribution in [0.4, 0.5) is 0 Å². The van der Waals surface area contributed by atoms with E-state index < -0.39 is 24.3 Å². The Morgan fingerprint density at radius 1 is 0.397 bits per heavy atom. The molecule has 2 atom stereocenters. The van der Waals surface area contributed by atoms with Gasteiger partial charge >= 0.3 is 11.9 Å². The number of esters is 2. The largest absolute Gasteiger partial charge is 0.545 e. The highest BCUT2D eigenvalue weighted by Gasteiger charge is 2.22. The van der Waals surface area contributed by atoms with Gasteiger partial charge in [0.05, 0.1) is 40.3 Å². The Kier molecular flexibility index (Phi) is 57.3. The summed E-state index contributed by atoms with van der Waals surface area (Å²) in [6.45, 7) is 4.67. The molecule has 0 aliphatic carbocycles. The van der Waals surface area contributed by atoms with E-state index in [2.05, 4.69) is 86.8 Å². The van der Waals surface area contributed by atoms with Gasteiger partial charge in [0.25, 0.3) is 0 Å². The van der Waals surface area contributed by atoms with Gasteiger partial charge < -0.3 is 33.3 Å². The molecule has 0 saturated heterocycles. The molecule has 0 aromatic heterocycles. The van der Waals surface area contributed by atoms with Crippen molar-refractivity contribution in [2.45, 2.75) is 302 Å². The minimum Gasteiger partial charge on any atom is -0.545 e. The van der Waals surface area contributed by atoms with Crippen molar-refractivity contribution < 1.29 is 42.9 Å². The van der Waals surface area contributed by atoms with Gasteiger partial charge in [-0.2, -0.15) is 0 Å². The van der Waals surface area contributed by atoms with Crippen molar-refractivity contribution in [1.82, 2.24) is 0 Å². The van der Waals surface area contributed by atoms with Gasteiger partial charge in [0, 0.05) is 12.8 Å². The molecule has 0 saturated carbocycles. The molecular weight excluding hydrogens is 971 g/mol. The van der Waals surface area contributed by atoms with Crippen molar-refractivity contribution in [2.24, 2.45) is 0 Å². The number of carboxylic acids is 1. The molecular formula is C69H123NO8. The maximum absolute atomic E-state index is 12.9. The average molecular weight is 1090 g/mol. The van der Waals surface area contributed by atoms with E-state index in [1.165, 1.54) is 186 Å². The van der Waals surface area contributed by atoms with Crippen LogP contribution in [-0.4, -0.2) is 82.3 Å². The van der Waals surface area contributed by atoms with E-state index >= 15 is 0 Å². The second-order valence-corrected chi connectivity index (χ2v) is 23.0. The molecule has 0 aliphatic rings. The predicted octanol–water partition coefficient (Wildman–Crippen LogP) is 18.4. The second kappa shape index (κ2) is 59.8.